The van der Waals surface area contributed by atoms with Crippen LogP contribution < -0.4 is 5.32 Å². The molecule has 1 saturated carbocycles. The Morgan fingerprint density at radius 1 is 1.40 bits per heavy atom. The number of benzene rings is 1. The molecule has 2 atom stereocenters. The van der Waals surface area contributed by atoms with Crippen molar-refractivity contribution in [3.8, 4) is 0 Å². The van der Waals surface area contributed by atoms with Crippen LogP contribution in [-0.4, -0.2) is 21.9 Å². The van der Waals surface area contributed by atoms with E-state index >= 15 is 0 Å². The summed E-state index contributed by atoms with van der Waals surface area (Å²) in [6.45, 7) is 0. The second-order valence-electron chi connectivity index (χ2n) is 5.07. The van der Waals surface area contributed by atoms with Crippen molar-refractivity contribution in [1.82, 2.24) is 15.3 Å². The summed E-state index contributed by atoms with van der Waals surface area (Å²) in [7, 11) is 0. The van der Waals surface area contributed by atoms with Gasteiger partial charge in [-0.15, -0.1) is 11.3 Å². The van der Waals surface area contributed by atoms with Gasteiger partial charge in [0.15, 0.2) is 0 Å². The minimum atomic E-state index is -0.00874. The normalized spacial score (nSPS) is 21.0. The Kier molecular flexibility index (Phi) is 2.60. The van der Waals surface area contributed by atoms with Crippen LogP contribution in [0, 0.1) is 0 Å². The number of carbonyl (C=O) groups is 1. The van der Waals surface area contributed by atoms with Crippen molar-refractivity contribution >= 4 is 28.3 Å². The van der Waals surface area contributed by atoms with Crippen molar-refractivity contribution < 1.29 is 4.79 Å². The molecule has 1 aliphatic rings. The number of fused-ring (bicyclic) bond motifs is 1. The number of aromatic amines is 1. The van der Waals surface area contributed by atoms with Crippen molar-refractivity contribution in [2.75, 3.05) is 0 Å². The third kappa shape index (κ3) is 2.00. The summed E-state index contributed by atoms with van der Waals surface area (Å²) >= 11 is 1.76. The molecule has 2 unspecified atom stereocenters. The second kappa shape index (κ2) is 4.45. The van der Waals surface area contributed by atoms with Crippen LogP contribution in [0.15, 0.2) is 42.0 Å². The lowest BCUT2D eigenvalue weighted by atomic mass is 10.2. The minimum Gasteiger partial charge on any atom is -0.349 e. The highest BCUT2D eigenvalue weighted by atomic mass is 32.1. The smallest absolute Gasteiger partial charge is 0.251 e. The Hall–Kier alpha value is -2.14. The molecule has 0 radical (unpaired) electrons. The molecular formula is C15H13N3OS. The third-order valence-corrected chi connectivity index (χ3v) is 4.70. The van der Waals surface area contributed by atoms with E-state index in [2.05, 4.69) is 32.8 Å². The number of hydrogen-bond donors (Lipinski definition) is 2. The maximum Gasteiger partial charge on any atom is 0.251 e. The predicted octanol–water partition coefficient (Wildman–Crippen LogP) is 2.91. The van der Waals surface area contributed by atoms with Gasteiger partial charge in [-0.2, -0.15) is 0 Å². The number of thiophene rings is 1. The van der Waals surface area contributed by atoms with E-state index in [-0.39, 0.29) is 11.9 Å². The number of hydrogen-bond acceptors (Lipinski definition) is 3. The lowest BCUT2D eigenvalue weighted by Gasteiger charge is -2.04. The standard InChI is InChI=1S/C15H13N3OS/c19-15(9-3-4-11-13(6-9)17-8-16-11)18-12-7-10(12)14-2-1-5-20-14/h1-6,8,10,12H,7H2,(H,16,17)(H,18,19). The Morgan fingerprint density at radius 2 is 2.35 bits per heavy atom. The van der Waals surface area contributed by atoms with Crippen LogP contribution in [-0.2, 0) is 0 Å². The molecule has 3 aromatic rings. The Labute approximate surface area is 119 Å². The zero-order valence-electron chi connectivity index (χ0n) is 10.7. The SMILES string of the molecule is O=C(NC1CC1c1cccs1)c1ccc2nc[nH]c2c1. The van der Waals surface area contributed by atoms with E-state index < -0.39 is 0 Å². The molecule has 5 heteroatoms. The Balaban J connectivity index is 1.48. The summed E-state index contributed by atoms with van der Waals surface area (Å²) in [4.78, 5) is 20.8. The van der Waals surface area contributed by atoms with Gasteiger partial charge in [0.1, 0.15) is 0 Å². The van der Waals surface area contributed by atoms with Crippen molar-refractivity contribution in [3.05, 3.63) is 52.5 Å². The Bertz CT molecular complexity index is 762. The number of H-pyrrole nitrogens is 1. The summed E-state index contributed by atoms with van der Waals surface area (Å²) in [6, 6.07) is 10.0. The molecule has 1 aliphatic carbocycles. The molecule has 0 saturated heterocycles. The lowest BCUT2D eigenvalue weighted by Crippen LogP contribution is -2.26. The quantitative estimate of drug-likeness (QED) is 0.776. The molecule has 0 aliphatic heterocycles. The number of imidazole rings is 1. The van der Waals surface area contributed by atoms with Gasteiger partial charge in [-0.1, -0.05) is 6.07 Å². The van der Waals surface area contributed by atoms with Crippen LogP contribution in [0.4, 0.5) is 0 Å². The fourth-order valence-electron chi connectivity index (χ4n) is 2.50. The van der Waals surface area contributed by atoms with E-state index in [0.29, 0.717) is 11.5 Å². The molecule has 0 spiro atoms. The van der Waals surface area contributed by atoms with Gasteiger partial charge >= 0.3 is 0 Å². The highest BCUT2D eigenvalue weighted by Crippen LogP contribution is 2.42. The van der Waals surface area contributed by atoms with Crippen molar-refractivity contribution in [3.63, 3.8) is 0 Å². The molecule has 2 aromatic heterocycles. The van der Waals surface area contributed by atoms with Crippen molar-refractivity contribution in [2.24, 2.45) is 0 Å². The average molecular weight is 283 g/mol. The van der Waals surface area contributed by atoms with Gasteiger partial charge in [-0.25, -0.2) is 4.98 Å². The molecule has 0 bridgehead atoms. The van der Waals surface area contributed by atoms with E-state index in [0.717, 1.165) is 17.5 Å². The monoisotopic (exact) mass is 283 g/mol. The third-order valence-electron chi connectivity index (χ3n) is 3.70. The lowest BCUT2D eigenvalue weighted by molar-refractivity contribution is 0.0950. The fraction of sp³-hybridized carbons (Fsp3) is 0.200. The van der Waals surface area contributed by atoms with Gasteiger partial charge in [0.25, 0.3) is 5.91 Å². The highest BCUT2D eigenvalue weighted by Gasteiger charge is 2.40. The fourth-order valence-corrected chi connectivity index (χ4v) is 3.41. The highest BCUT2D eigenvalue weighted by molar-refractivity contribution is 7.10. The van der Waals surface area contributed by atoms with Crippen LogP contribution in [0.25, 0.3) is 11.0 Å². The van der Waals surface area contributed by atoms with E-state index in [4.69, 9.17) is 0 Å². The molecular weight excluding hydrogens is 270 g/mol. The zero-order chi connectivity index (χ0) is 13.5. The average Bonchev–Trinajstić information content (AvgIpc) is 2.92. The second-order valence-corrected chi connectivity index (χ2v) is 6.05. The van der Waals surface area contributed by atoms with Gasteiger partial charge in [0.2, 0.25) is 0 Å². The number of nitrogens with zero attached hydrogens (tertiary/aromatic N) is 1. The van der Waals surface area contributed by atoms with Crippen molar-refractivity contribution in [1.29, 1.82) is 0 Å². The number of aromatic nitrogens is 2. The molecule has 1 fully saturated rings. The summed E-state index contributed by atoms with van der Waals surface area (Å²) in [5, 5.41) is 5.18. The summed E-state index contributed by atoms with van der Waals surface area (Å²) in [6.07, 6.45) is 2.68. The van der Waals surface area contributed by atoms with Crippen LogP contribution in [0.1, 0.15) is 27.6 Å². The van der Waals surface area contributed by atoms with Crippen LogP contribution in [0.3, 0.4) is 0 Å². The van der Waals surface area contributed by atoms with E-state index in [9.17, 15) is 4.79 Å². The first-order valence-corrected chi connectivity index (χ1v) is 7.46. The van der Waals surface area contributed by atoms with Gasteiger partial charge in [0.05, 0.1) is 17.4 Å². The van der Waals surface area contributed by atoms with E-state index in [1.807, 2.05) is 18.2 Å². The van der Waals surface area contributed by atoms with Gasteiger partial charge in [0, 0.05) is 22.4 Å². The first kappa shape index (κ1) is 11.7. The molecule has 1 amide bonds. The molecule has 4 rings (SSSR count). The van der Waals surface area contributed by atoms with Crippen LogP contribution >= 0.6 is 11.3 Å². The van der Waals surface area contributed by atoms with Gasteiger partial charge < -0.3 is 10.3 Å². The predicted molar refractivity (Wildman–Crippen MR) is 79.0 cm³/mol. The maximum absolute atomic E-state index is 12.2. The number of nitrogens with one attached hydrogen (secondary N) is 2. The molecule has 100 valence electrons. The number of amides is 1. The molecule has 20 heavy (non-hydrogen) atoms. The first-order valence-electron chi connectivity index (χ1n) is 6.58. The first-order chi connectivity index (χ1) is 9.81. The molecule has 4 nitrogen and oxygen atoms in total. The summed E-state index contributed by atoms with van der Waals surface area (Å²) in [5.74, 6) is 0.486. The Morgan fingerprint density at radius 3 is 3.20 bits per heavy atom. The van der Waals surface area contributed by atoms with E-state index in [1.165, 1.54) is 4.88 Å². The van der Waals surface area contributed by atoms with Gasteiger partial charge in [-0.05, 0) is 36.1 Å². The maximum atomic E-state index is 12.2. The molecule has 2 heterocycles. The van der Waals surface area contributed by atoms with Crippen LogP contribution in [0.2, 0.25) is 0 Å². The molecule has 2 N–H and O–H groups in total. The molecule has 1 aromatic carbocycles. The van der Waals surface area contributed by atoms with E-state index in [1.54, 1.807) is 17.7 Å². The minimum absolute atomic E-state index is 0.00874. The number of carbonyl (C=O) groups excluding carboxylic acids is 1. The summed E-state index contributed by atoms with van der Waals surface area (Å²) in [5.41, 5.74) is 2.45. The largest absolute Gasteiger partial charge is 0.349 e. The zero-order valence-corrected chi connectivity index (χ0v) is 11.5. The van der Waals surface area contributed by atoms with Gasteiger partial charge in [-0.3, -0.25) is 4.79 Å². The van der Waals surface area contributed by atoms with Crippen LogP contribution in [0.5, 0.6) is 0 Å². The van der Waals surface area contributed by atoms with Crippen molar-refractivity contribution in [2.45, 2.75) is 18.4 Å². The summed E-state index contributed by atoms with van der Waals surface area (Å²) < 4.78 is 0. The topological polar surface area (TPSA) is 57.8 Å². The number of rotatable bonds is 3.